The number of ether oxygens (including phenoxy) is 2. The number of likely N-dealkylation sites (N-methyl/N-ethyl adjacent to an activating group) is 1. The monoisotopic (exact) mass is 593 g/mol. The van der Waals surface area contributed by atoms with Crippen molar-refractivity contribution in [2.24, 2.45) is 35.3 Å². The van der Waals surface area contributed by atoms with E-state index in [4.69, 9.17) is 15.2 Å². The Morgan fingerprint density at radius 3 is 2.12 bits per heavy atom. The molecule has 2 saturated carbocycles. The van der Waals surface area contributed by atoms with Crippen LogP contribution in [0.2, 0.25) is 0 Å². The van der Waals surface area contributed by atoms with Gasteiger partial charge in [-0.1, -0.05) is 13.0 Å². The molecule has 226 valence electrons. The van der Waals surface area contributed by atoms with Crippen molar-refractivity contribution in [3.8, 4) is 17.2 Å². The van der Waals surface area contributed by atoms with Gasteiger partial charge in [-0.05, 0) is 55.9 Å². The van der Waals surface area contributed by atoms with Crippen LogP contribution in [-0.4, -0.2) is 83.6 Å². The molecule has 43 heavy (non-hydrogen) atoms. The molecule has 5 N–H and O–H groups in total. The average Bonchev–Trinajstić information content (AvgIpc) is 2.94. The Hall–Kier alpha value is -4.62. The Bertz CT molecular complexity index is 1550. The summed E-state index contributed by atoms with van der Waals surface area (Å²) in [5, 5.41) is 25.1. The normalized spacial score (nSPS) is 29.8. The van der Waals surface area contributed by atoms with Crippen molar-refractivity contribution in [2.75, 3.05) is 26.5 Å². The van der Waals surface area contributed by atoms with Gasteiger partial charge in [0.1, 0.15) is 17.2 Å². The number of nitrogens with two attached hydrogens (primary N) is 1. The predicted molar refractivity (Wildman–Crippen MR) is 149 cm³/mol. The predicted octanol–water partition coefficient (Wildman–Crippen LogP) is 0.903. The van der Waals surface area contributed by atoms with Crippen molar-refractivity contribution in [3.05, 3.63) is 47.5 Å². The molecule has 0 aliphatic heterocycles. The molecule has 2 amide bonds. The molecule has 8 atom stereocenters. The summed E-state index contributed by atoms with van der Waals surface area (Å²) in [6, 6.07) is 7.82. The van der Waals surface area contributed by atoms with Crippen molar-refractivity contribution in [2.45, 2.75) is 25.0 Å². The van der Waals surface area contributed by atoms with E-state index < -0.39 is 88.5 Å². The minimum atomic E-state index is -1.90. The SMILES string of the molecule is COc1ccc(OC(=O)Nc2ccc3c(c2O)C(=O)C2C(=O)C4C(=O)C(C(N)=O)C(=O)[C@@H](N(C)C)C4[C@@H](O)C2[C@H]3C)cc1. The Morgan fingerprint density at radius 1 is 0.907 bits per heavy atom. The van der Waals surface area contributed by atoms with Crippen molar-refractivity contribution < 1.29 is 48.5 Å². The first-order valence-electron chi connectivity index (χ1n) is 13.6. The van der Waals surface area contributed by atoms with Gasteiger partial charge in [-0.15, -0.1) is 0 Å². The fourth-order valence-electron chi connectivity index (χ4n) is 6.97. The molecule has 3 aliphatic carbocycles. The Kier molecular flexibility index (Phi) is 7.57. The third kappa shape index (κ3) is 4.64. The Morgan fingerprint density at radius 2 is 1.53 bits per heavy atom. The number of primary amides is 1. The molecular formula is C30H31N3O10. The quantitative estimate of drug-likeness (QED) is 0.283. The van der Waals surface area contributed by atoms with Crippen LogP contribution in [0.15, 0.2) is 36.4 Å². The van der Waals surface area contributed by atoms with Crippen LogP contribution in [0.5, 0.6) is 17.2 Å². The maximum Gasteiger partial charge on any atom is 0.417 e. The molecule has 2 fully saturated rings. The number of carbonyl (C=O) groups excluding carboxylic acids is 6. The van der Waals surface area contributed by atoms with Crippen molar-refractivity contribution in [1.29, 1.82) is 0 Å². The molecule has 0 radical (unpaired) electrons. The van der Waals surface area contributed by atoms with Gasteiger partial charge in [-0.25, -0.2) is 4.79 Å². The van der Waals surface area contributed by atoms with E-state index >= 15 is 0 Å². The van der Waals surface area contributed by atoms with Crippen LogP contribution in [0.25, 0.3) is 0 Å². The van der Waals surface area contributed by atoms with E-state index in [1.165, 1.54) is 50.4 Å². The first kappa shape index (κ1) is 29.9. The number of ketones is 4. The molecule has 2 aromatic rings. The van der Waals surface area contributed by atoms with Gasteiger partial charge >= 0.3 is 6.09 Å². The van der Waals surface area contributed by atoms with Gasteiger partial charge in [0.15, 0.2) is 29.1 Å². The number of carbonyl (C=O) groups is 6. The molecule has 13 nitrogen and oxygen atoms in total. The number of Topliss-reactive ketones (excluding diaryl/α,β-unsaturated/α-hetero) is 4. The van der Waals surface area contributed by atoms with E-state index in [9.17, 15) is 39.0 Å². The molecule has 2 aromatic carbocycles. The van der Waals surface area contributed by atoms with Gasteiger partial charge in [0.25, 0.3) is 0 Å². The lowest BCUT2D eigenvalue weighted by atomic mass is 9.51. The molecule has 13 heteroatoms. The summed E-state index contributed by atoms with van der Waals surface area (Å²) in [5.41, 5.74) is 5.27. The van der Waals surface area contributed by atoms with Gasteiger partial charge in [0.2, 0.25) is 5.91 Å². The molecular weight excluding hydrogens is 562 g/mol. The number of benzene rings is 2. The van der Waals surface area contributed by atoms with E-state index in [0.717, 1.165) is 0 Å². The summed E-state index contributed by atoms with van der Waals surface area (Å²) in [5.74, 6) is -12.7. The number of phenols is 1. The topological polar surface area (TPSA) is 203 Å². The van der Waals surface area contributed by atoms with Crippen LogP contribution in [0.1, 0.15) is 28.8 Å². The lowest BCUT2D eigenvalue weighted by Crippen LogP contribution is -2.69. The summed E-state index contributed by atoms with van der Waals surface area (Å²) in [6.45, 7) is 1.66. The molecule has 5 rings (SSSR count). The lowest BCUT2D eigenvalue weighted by molar-refractivity contribution is -0.167. The molecule has 0 saturated heterocycles. The minimum absolute atomic E-state index is 0.168. The van der Waals surface area contributed by atoms with Gasteiger partial charge in [0, 0.05) is 11.8 Å². The number of anilines is 1. The number of aliphatic hydroxyl groups is 1. The molecule has 3 aliphatic rings. The van der Waals surface area contributed by atoms with Crippen LogP contribution in [-0.2, 0) is 19.2 Å². The molecule has 5 unspecified atom stereocenters. The summed E-state index contributed by atoms with van der Waals surface area (Å²) < 4.78 is 10.3. The van der Waals surface area contributed by atoms with E-state index in [-0.39, 0.29) is 17.0 Å². The summed E-state index contributed by atoms with van der Waals surface area (Å²) in [4.78, 5) is 80.6. The first-order valence-corrected chi connectivity index (χ1v) is 13.6. The lowest BCUT2D eigenvalue weighted by Gasteiger charge is -2.52. The molecule has 0 heterocycles. The summed E-state index contributed by atoms with van der Waals surface area (Å²) >= 11 is 0. The summed E-state index contributed by atoms with van der Waals surface area (Å²) in [7, 11) is 4.53. The van der Waals surface area contributed by atoms with Crippen LogP contribution < -0.4 is 20.5 Å². The Labute approximate surface area is 245 Å². The second kappa shape index (κ2) is 10.9. The van der Waals surface area contributed by atoms with Gasteiger partial charge in [-0.2, -0.15) is 0 Å². The van der Waals surface area contributed by atoms with Crippen molar-refractivity contribution in [1.82, 2.24) is 4.90 Å². The summed E-state index contributed by atoms with van der Waals surface area (Å²) in [6.07, 6.45) is -2.43. The van der Waals surface area contributed by atoms with Crippen LogP contribution in [0.4, 0.5) is 10.5 Å². The maximum atomic E-state index is 14.0. The zero-order valence-corrected chi connectivity index (χ0v) is 23.8. The number of hydrogen-bond donors (Lipinski definition) is 4. The fraction of sp³-hybridized carbons (Fsp3) is 0.400. The number of methoxy groups -OCH3 is 1. The number of nitrogens with one attached hydrogen (secondary N) is 1. The minimum Gasteiger partial charge on any atom is -0.505 e. The van der Waals surface area contributed by atoms with E-state index in [1.807, 2.05) is 0 Å². The van der Waals surface area contributed by atoms with Crippen LogP contribution in [0, 0.1) is 29.6 Å². The fourth-order valence-corrected chi connectivity index (χ4v) is 6.97. The number of amides is 2. The van der Waals surface area contributed by atoms with Crippen LogP contribution in [0.3, 0.4) is 0 Å². The average molecular weight is 594 g/mol. The number of hydrogen-bond acceptors (Lipinski definition) is 11. The van der Waals surface area contributed by atoms with Crippen molar-refractivity contribution >= 4 is 40.8 Å². The molecule has 0 bridgehead atoms. The second-order valence-corrected chi connectivity index (χ2v) is 11.3. The standard InChI is InChI=1S/C30H31N3O10/c1-11-14-9-10-15(32-30(41)43-13-7-5-12(42-4)6-8-13)23(34)17(14)25(36)19-16(11)24(35)18-20(26(19)37)27(38)21(29(31)40)28(39)22(18)33(2)3/h5-11,16,18-22,24,34-35H,1-4H3,(H2,31,40)(H,32,41)/t11-,16?,18?,19?,20?,21?,22-,24-/m0/s1. The zero-order chi connectivity index (χ0) is 31.5. The van der Waals surface area contributed by atoms with Crippen LogP contribution >= 0.6 is 0 Å². The van der Waals surface area contributed by atoms with E-state index in [0.29, 0.717) is 11.3 Å². The number of aromatic hydroxyl groups is 1. The highest BCUT2D eigenvalue weighted by atomic mass is 16.6. The van der Waals surface area contributed by atoms with Gasteiger partial charge < -0.3 is 25.4 Å². The van der Waals surface area contributed by atoms with Gasteiger partial charge in [-0.3, -0.25) is 34.2 Å². The molecule has 0 aromatic heterocycles. The molecule has 0 spiro atoms. The van der Waals surface area contributed by atoms with E-state index in [2.05, 4.69) is 5.32 Å². The third-order valence-corrected chi connectivity index (χ3v) is 8.86. The maximum absolute atomic E-state index is 14.0. The zero-order valence-electron chi connectivity index (χ0n) is 23.8. The highest BCUT2D eigenvalue weighted by Crippen LogP contribution is 2.53. The highest BCUT2D eigenvalue weighted by molar-refractivity contribution is 6.29. The Balaban J connectivity index is 1.50. The van der Waals surface area contributed by atoms with E-state index in [1.54, 1.807) is 19.1 Å². The number of phenolic OH excluding ortho intramolecular Hbond substituents is 1. The third-order valence-electron chi connectivity index (χ3n) is 8.86. The van der Waals surface area contributed by atoms with Crippen molar-refractivity contribution in [3.63, 3.8) is 0 Å². The second-order valence-electron chi connectivity index (χ2n) is 11.3. The number of nitrogens with zero attached hydrogens (tertiary/aromatic N) is 1. The largest absolute Gasteiger partial charge is 0.505 e. The smallest absolute Gasteiger partial charge is 0.417 e. The number of rotatable bonds is 5. The number of fused-ring (bicyclic) bond motifs is 3. The number of aliphatic hydroxyl groups excluding tert-OH is 1. The first-order chi connectivity index (χ1) is 20.3. The highest BCUT2D eigenvalue weighted by Gasteiger charge is 2.65. The van der Waals surface area contributed by atoms with Gasteiger partial charge in [0.05, 0.1) is 42.3 Å².